The second kappa shape index (κ2) is 9.05. The van der Waals surface area contributed by atoms with Crippen molar-refractivity contribution in [3.8, 4) is 0 Å². The maximum atomic E-state index is 12.6. The number of para-hydroxylation sites is 1. The second-order valence-corrected chi connectivity index (χ2v) is 6.50. The Labute approximate surface area is 164 Å². The van der Waals surface area contributed by atoms with Crippen LogP contribution in [0.2, 0.25) is 0 Å². The highest BCUT2D eigenvalue weighted by atomic mass is 79.9. The Morgan fingerprint density at radius 1 is 1.04 bits per heavy atom. The van der Waals surface area contributed by atoms with Crippen LogP contribution >= 0.6 is 15.9 Å². The van der Waals surface area contributed by atoms with Crippen molar-refractivity contribution >= 4 is 39.5 Å². The van der Waals surface area contributed by atoms with Gasteiger partial charge >= 0.3 is 0 Å². The number of rotatable bonds is 7. The molecule has 138 valence electrons. The van der Waals surface area contributed by atoms with Crippen LogP contribution in [0.25, 0.3) is 6.08 Å². The summed E-state index contributed by atoms with van der Waals surface area (Å²) in [5, 5.41) is 2.79. The first-order valence-electron chi connectivity index (χ1n) is 8.19. The highest BCUT2D eigenvalue weighted by Crippen LogP contribution is 2.21. The minimum atomic E-state index is -0.329. The van der Waals surface area contributed by atoms with Crippen LogP contribution in [-0.2, 0) is 16.1 Å². The predicted molar refractivity (Wildman–Crippen MR) is 105 cm³/mol. The topological polar surface area (TPSA) is 75.7 Å². The maximum absolute atomic E-state index is 12.6. The smallest absolute Gasteiger partial charge is 0.247 e. The van der Waals surface area contributed by atoms with Crippen molar-refractivity contribution in [2.24, 2.45) is 0 Å². The molecule has 2 amide bonds. The molecule has 0 saturated heterocycles. The third-order valence-electron chi connectivity index (χ3n) is 3.65. The van der Waals surface area contributed by atoms with Crippen LogP contribution < -0.4 is 5.32 Å². The molecule has 2 aromatic heterocycles. The van der Waals surface area contributed by atoms with E-state index in [0.29, 0.717) is 17.2 Å². The van der Waals surface area contributed by atoms with Crippen LogP contribution in [-0.4, -0.2) is 23.3 Å². The molecule has 0 unspecified atom stereocenters. The summed E-state index contributed by atoms with van der Waals surface area (Å²) < 4.78 is 11.3. The van der Waals surface area contributed by atoms with Gasteiger partial charge in [-0.15, -0.1) is 0 Å². The van der Waals surface area contributed by atoms with Gasteiger partial charge in [0.05, 0.1) is 24.8 Å². The lowest BCUT2D eigenvalue weighted by Crippen LogP contribution is -2.36. The lowest BCUT2D eigenvalue weighted by atomic mass is 10.3. The SMILES string of the molecule is O=C(CN(Cc1ccco1)C(=O)/C=C/c1ccco1)Nc1ccccc1Br. The monoisotopic (exact) mass is 428 g/mol. The molecule has 6 nitrogen and oxygen atoms in total. The Kier molecular flexibility index (Phi) is 6.27. The average Bonchev–Trinajstić information content (AvgIpc) is 3.35. The summed E-state index contributed by atoms with van der Waals surface area (Å²) in [6.45, 7) is 0.0566. The molecule has 3 aromatic rings. The summed E-state index contributed by atoms with van der Waals surface area (Å²) in [7, 11) is 0. The normalized spacial score (nSPS) is 10.9. The number of carbonyl (C=O) groups is 2. The van der Waals surface area contributed by atoms with Crippen molar-refractivity contribution in [1.82, 2.24) is 4.90 Å². The zero-order chi connectivity index (χ0) is 19.1. The molecule has 7 heteroatoms. The third-order valence-corrected chi connectivity index (χ3v) is 4.35. The Balaban J connectivity index is 1.70. The van der Waals surface area contributed by atoms with E-state index in [-0.39, 0.29) is 24.9 Å². The van der Waals surface area contributed by atoms with Gasteiger partial charge in [-0.2, -0.15) is 0 Å². The Morgan fingerprint density at radius 2 is 1.81 bits per heavy atom. The summed E-state index contributed by atoms with van der Waals surface area (Å²) in [6, 6.07) is 14.2. The summed E-state index contributed by atoms with van der Waals surface area (Å²) in [4.78, 5) is 26.4. The Bertz CT molecular complexity index is 917. The van der Waals surface area contributed by atoms with Crippen molar-refractivity contribution in [2.45, 2.75) is 6.54 Å². The predicted octanol–water partition coefficient (Wildman–Crippen LogP) is 4.32. The molecule has 0 aliphatic carbocycles. The molecule has 0 aliphatic heterocycles. The summed E-state index contributed by atoms with van der Waals surface area (Å²) >= 11 is 3.38. The number of halogens is 1. The fourth-order valence-electron chi connectivity index (χ4n) is 2.37. The molecule has 1 aromatic carbocycles. The van der Waals surface area contributed by atoms with E-state index in [4.69, 9.17) is 8.83 Å². The summed E-state index contributed by atoms with van der Waals surface area (Å²) in [5.74, 6) is 0.501. The van der Waals surface area contributed by atoms with Gasteiger partial charge in [0.25, 0.3) is 0 Å². The van der Waals surface area contributed by atoms with E-state index in [1.807, 2.05) is 18.2 Å². The number of furan rings is 2. The zero-order valence-corrected chi connectivity index (χ0v) is 15.9. The van der Waals surface area contributed by atoms with Crippen LogP contribution in [0.1, 0.15) is 11.5 Å². The third kappa shape index (κ3) is 5.46. The lowest BCUT2D eigenvalue weighted by Gasteiger charge is -2.20. The number of amides is 2. The van der Waals surface area contributed by atoms with Gasteiger partial charge in [-0.1, -0.05) is 12.1 Å². The molecule has 27 heavy (non-hydrogen) atoms. The van der Waals surface area contributed by atoms with Gasteiger partial charge in [0, 0.05) is 10.5 Å². The van der Waals surface area contributed by atoms with E-state index in [9.17, 15) is 9.59 Å². The van der Waals surface area contributed by atoms with E-state index in [0.717, 1.165) is 4.47 Å². The highest BCUT2D eigenvalue weighted by molar-refractivity contribution is 9.10. The molecule has 0 radical (unpaired) electrons. The number of hydrogen-bond acceptors (Lipinski definition) is 4. The van der Waals surface area contributed by atoms with Gasteiger partial charge in [-0.25, -0.2) is 0 Å². The van der Waals surface area contributed by atoms with E-state index in [1.54, 1.807) is 36.4 Å². The number of benzene rings is 1. The van der Waals surface area contributed by atoms with Gasteiger partial charge in [-0.3, -0.25) is 9.59 Å². The Morgan fingerprint density at radius 3 is 2.52 bits per heavy atom. The number of nitrogens with one attached hydrogen (secondary N) is 1. The standard InChI is InChI=1S/C20H17BrN2O4/c21-17-7-1-2-8-18(17)22-19(24)14-23(13-16-6-4-12-27-16)20(25)10-9-15-5-3-11-26-15/h1-12H,13-14H2,(H,22,24)/b10-9+. The van der Waals surface area contributed by atoms with E-state index in [1.165, 1.54) is 23.5 Å². The molecule has 0 aliphatic rings. The van der Waals surface area contributed by atoms with E-state index in [2.05, 4.69) is 21.2 Å². The quantitative estimate of drug-likeness (QED) is 0.568. The number of carbonyl (C=O) groups excluding carboxylic acids is 2. The van der Waals surface area contributed by atoms with Crippen LogP contribution in [0.4, 0.5) is 5.69 Å². The molecule has 0 atom stereocenters. The van der Waals surface area contributed by atoms with Crippen molar-refractivity contribution in [3.63, 3.8) is 0 Å². The number of hydrogen-bond donors (Lipinski definition) is 1. The van der Waals surface area contributed by atoms with Crippen molar-refractivity contribution in [2.75, 3.05) is 11.9 Å². The first kappa shape index (κ1) is 18.7. The van der Waals surface area contributed by atoms with E-state index < -0.39 is 0 Å². The molecule has 0 spiro atoms. The largest absolute Gasteiger partial charge is 0.467 e. The first-order chi connectivity index (χ1) is 13.1. The molecule has 1 N–H and O–H groups in total. The second-order valence-electron chi connectivity index (χ2n) is 5.65. The van der Waals surface area contributed by atoms with Gasteiger partial charge in [0.1, 0.15) is 18.1 Å². The maximum Gasteiger partial charge on any atom is 0.247 e. The van der Waals surface area contributed by atoms with Crippen LogP contribution in [0, 0.1) is 0 Å². The summed E-state index contributed by atoms with van der Waals surface area (Å²) in [6.07, 6.45) is 5.98. The minimum absolute atomic E-state index is 0.122. The fourth-order valence-corrected chi connectivity index (χ4v) is 2.76. The lowest BCUT2D eigenvalue weighted by molar-refractivity contribution is -0.131. The number of nitrogens with zero attached hydrogens (tertiary/aromatic N) is 1. The molecule has 0 bridgehead atoms. The average molecular weight is 429 g/mol. The Hall–Kier alpha value is -3.06. The molecule has 0 fully saturated rings. The molecule has 0 saturated carbocycles. The van der Waals surface area contributed by atoms with Gasteiger partial charge < -0.3 is 19.1 Å². The van der Waals surface area contributed by atoms with Crippen LogP contribution in [0.15, 0.2) is 80.4 Å². The fraction of sp³-hybridized carbons (Fsp3) is 0.100. The highest BCUT2D eigenvalue weighted by Gasteiger charge is 2.17. The number of anilines is 1. The van der Waals surface area contributed by atoms with Crippen LogP contribution in [0.3, 0.4) is 0 Å². The van der Waals surface area contributed by atoms with E-state index >= 15 is 0 Å². The van der Waals surface area contributed by atoms with Crippen LogP contribution in [0.5, 0.6) is 0 Å². The van der Waals surface area contributed by atoms with Crippen molar-refractivity contribution < 1.29 is 18.4 Å². The molecule has 2 heterocycles. The van der Waals surface area contributed by atoms with Crippen molar-refractivity contribution in [1.29, 1.82) is 0 Å². The molecular weight excluding hydrogens is 412 g/mol. The first-order valence-corrected chi connectivity index (χ1v) is 8.98. The minimum Gasteiger partial charge on any atom is -0.467 e. The van der Waals surface area contributed by atoms with Gasteiger partial charge in [0.15, 0.2) is 0 Å². The molecule has 3 rings (SSSR count). The van der Waals surface area contributed by atoms with Gasteiger partial charge in [-0.05, 0) is 58.4 Å². The summed E-state index contributed by atoms with van der Waals surface area (Å²) in [5.41, 5.74) is 0.638. The zero-order valence-electron chi connectivity index (χ0n) is 14.3. The van der Waals surface area contributed by atoms with Crippen molar-refractivity contribution in [3.05, 3.63) is 83.1 Å². The molecular formula is C20H17BrN2O4. The van der Waals surface area contributed by atoms with Gasteiger partial charge in [0.2, 0.25) is 11.8 Å².